The third-order valence-electron chi connectivity index (χ3n) is 2.04. The molecule has 0 amide bonds. The maximum absolute atomic E-state index is 11.4. The summed E-state index contributed by atoms with van der Waals surface area (Å²) in [4.78, 5) is 21.4. The van der Waals surface area contributed by atoms with Gasteiger partial charge in [-0.15, -0.1) is 0 Å². The quantitative estimate of drug-likeness (QED) is 0.444. The summed E-state index contributed by atoms with van der Waals surface area (Å²) in [5.41, 5.74) is -0.821. The molecule has 0 aliphatic carbocycles. The van der Waals surface area contributed by atoms with Gasteiger partial charge in [0.25, 0.3) is 0 Å². The molecule has 1 rings (SSSR count). The molecular formula is C10H8N2O5. The Morgan fingerprint density at radius 1 is 1.47 bits per heavy atom. The fraction of sp³-hybridized carbons (Fsp3) is 0.200. The van der Waals surface area contributed by atoms with Crippen molar-refractivity contribution in [3.63, 3.8) is 0 Å². The van der Waals surface area contributed by atoms with Crippen LogP contribution in [0.4, 0.5) is 5.69 Å². The van der Waals surface area contributed by atoms with Crippen LogP contribution in [0.2, 0.25) is 0 Å². The van der Waals surface area contributed by atoms with Crippen molar-refractivity contribution >= 4 is 11.7 Å². The number of hydrogen-bond acceptors (Lipinski definition) is 6. The van der Waals surface area contributed by atoms with Crippen LogP contribution in [0.25, 0.3) is 0 Å². The largest absolute Gasteiger partial charge is 0.490 e. The van der Waals surface area contributed by atoms with Gasteiger partial charge in [0.2, 0.25) is 5.75 Å². The van der Waals surface area contributed by atoms with Gasteiger partial charge in [-0.25, -0.2) is 4.79 Å². The molecule has 0 unspecified atom stereocenters. The van der Waals surface area contributed by atoms with Gasteiger partial charge in [0, 0.05) is 0 Å². The Morgan fingerprint density at radius 2 is 2.12 bits per heavy atom. The van der Waals surface area contributed by atoms with Crippen molar-refractivity contribution in [1.29, 1.82) is 5.26 Å². The molecule has 7 heteroatoms. The molecule has 1 aromatic carbocycles. The van der Waals surface area contributed by atoms with E-state index in [0.29, 0.717) is 0 Å². The lowest BCUT2D eigenvalue weighted by Gasteiger charge is -2.07. The summed E-state index contributed by atoms with van der Waals surface area (Å²) in [6, 6.07) is 4.08. The summed E-state index contributed by atoms with van der Waals surface area (Å²) in [6.07, 6.45) is 0. The summed E-state index contributed by atoms with van der Waals surface area (Å²) in [5, 5.41) is 19.6. The average molecular weight is 236 g/mol. The molecule has 0 aromatic heterocycles. The number of nitro groups is 1. The van der Waals surface area contributed by atoms with Crippen LogP contribution in [-0.4, -0.2) is 25.1 Å². The highest BCUT2D eigenvalue weighted by Gasteiger charge is 2.27. The molecule has 0 radical (unpaired) electrons. The van der Waals surface area contributed by atoms with Gasteiger partial charge in [-0.3, -0.25) is 10.1 Å². The fourth-order valence-corrected chi connectivity index (χ4v) is 1.32. The highest BCUT2D eigenvalue weighted by atomic mass is 16.6. The van der Waals surface area contributed by atoms with Crippen molar-refractivity contribution in [3.8, 4) is 11.8 Å². The van der Waals surface area contributed by atoms with Crippen LogP contribution in [0.15, 0.2) is 12.1 Å². The minimum atomic E-state index is -0.774. The van der Waals surface area contributed by atoms with Crippen molar-refractivity contribution in [2.24, 2.45) is 0 Å². The maximum atomic E-state index is 11.4. The number of nitrogens with zero attached hydrogens (tertiary/aromatic N) is 2. The molecule has 0 bridgehead atoms. The number of ether oxygens (including phenoxy) is 2. The van der Waals surface area contributed by atoms with Crippen molar-refractivity contribution in [3.05, 3.63) is 33.4 Å². The van der Waals surface area contributed by atoms with Crippen LogP contribution < -0.4 is 4.74 Å². The minimum absolute atomic E-state index is 0.0966. The van der Waals surface area contributed by atoms with E-state index in [2.05, 4.69) is 4.74 Å². The van der Waals surface area contributed by atoms with E-state index in [-0.39, 0.29) is 16.9 Å². The average Bonchev–Trinajstić information content (AvgIpc) is 2.35. The number of carbonyl (C=O) groups excluding carboxylic acids is 1. The maximum Gasteiger partial charge on any atom is 0.341 e. The van der Waals surface area contributed by atoms with Gasteiger partial charge in [-0.05, 0) is 12.1 Å². The molecule has 0 aliphatic rings. The van der Waals surface area contributed by atoms with Crippen molar-refractivity contribution < 1.29 is 19.2 Å². The van der Waals surface area contributed by atoms with Crippen LogP contribution in [-0.2, 0) is 4.74 Å². The molecule has 7 nitrogen and oxygen atoms in total. The van der Waals surface area contributed by atoms with Gasteiger partial charge in [0.15, 0.2) is 0 Å². The molecule has 0 fully saturated rings. The van der Waals surface area contributed by atoms with Gasteiger partial charge in [0.05, 0.1) is 19.1 Å². The molecular weight excluding hydrogens is 228 g/mol. The Balaban J connectivity index is 3.59. The first-order valence-electron chi connectivity index (χ1n) is 4.40. The number of nitriles is 1. The number of benzene rings is 1. The first-order chi connectivity index (χ1) is 8.06. The smallest absolute Gasteiger partial charge is 0.341 e. The van der Waals surface area contributed by atoms with Gasteiger partial charge in [-0.1, -0.05) is 0 Å². The number of hydrogen-bond donors (Lipinski definition) is 0. The van der Waals surface area contributed by atoms with Crippen LogP contribution >= 0.6 is 0 Å². The predicted molar refractivity (Wildman–Crippen MR) is 55.7 cm³/mol. The zero-order chi connectivity index (χ0) is 13.0. The van der Waals surface area contributed by atoms with E-state index in [0.717, 1.165) is 7.11 Å². The monoisotopic (exact) mass is 236 g/mol. The second-order valence-corrected chi connectivity index (χ2v) is 2.90. The lowest BCUT2D eigenvalue weighted by Crippen LogP contribution is -2.07. The van der Waals surface area contributed by atoms with Gasteiger partial charge >= 0.3 is 11.7 Å². The molecule has 0 atom stereocenters. The molecule has 88 valence electrons. The van der Waals surface area contributed by atoms with Crippen LogP contribution in [0.5, 0.6) is 5.75 Å². The van der Waals surface area contributed by atoms with E-state index in [1.165, 1.54) is 19.2 Å². The zero-order valence-electron chi connectivity index (χ0n) is 9.09. The molecule has 0 saturated carbocycles. The molecule has 1 aromatic rings. The van der Waals surface area contributed by atoms with Gasteiger partial charge in [-0.2, -0.15) is 5.26 Å². The van der Waals surface area contributed by atoms with Crippen LogP contribution in [0.1, 0.15) is 15.9 Å². The summed E-state index contributed by atoms with van der Waals surface area (Å²) in [6.45, 7) is 0. The highest BCUT2D eigenvalue weighted by molar-refractivity contribution is 5.94. The summed E-state index contributed by atoms with van der Waals surface area (Å²) < 4.78 is 9.27. The molecule has 0 heterocycles. The van der Waals surface area contributed by atoms with E-state index < -0.39 is 16.6 Å². The Hall–Kier alpha value is -2.62. The molecule has 0 N–H and O–H groups in total. The summed E-state index contributed by atoms with van der Waals surface area (Å²) >= 11 is 0. The Bertz CT molecular complexity index is 518. The Morgan fingerprint density at radius 3 is 2.53 bits per heavy atom. The first kappa shape index (κ1) is 12.4. The fourth-order valence-electron chi connectivity index (χ4n) is 1.32. The Labute approximate surface area is 96.3 Å². The minimum Gasteiger partial charge on any atom is -0.490 e. The summed E-state index contributed by atoms with van der Waals surface area (Å²) in [5.74, 6) is -1.05. The van der Waals surface area contributed by atoms with E-state index in [1.54, 1.807) is 6.07 Å². The van der Waals surface area contributed by atoms with E-state index in [9.17, 15) is 14.9 Å². The van der Waals surface area contributed by atoms with Gasteiger partial charge in [0.1, 0.15) is 17.2 Å². The molecule has 0 spiro atoms. The second kappa shape index (κ2) is 4.94. The first-order valence-corrected chi connectivity index (χ1v) is 4.40. The van der Waals surface area contributed by atoms with Crippen molar-refractivity contribution in [2.45, 2.75) is 0 Å². The molecule has 0 saturated heterocycles. The molecule has 17 heavy (non-hydrogen) atoms. The number of methoxy groups -OCH3 is 2. The topological polar surface area (TPSA) is 102 Å². The van der Waals surface area contributed by atoms with Crippen molar-refractivity contribution in [2.75, 3.05) is 14.2 Å². The van der Waals surface area contributed by atoms with E-state index in [4.69, 9.17) is 10.00 Å². The second-order valence-electron chi connectivity index (χ2n) is 2.90. The normalized spacial score (nSPS) is 9.24. The third kappa shape index (κ3) is 2.15. The van der Waals surface area contributed by atoms with E-state index >= 15 is 0 Å². The van der Waals surface area contributed by atoms with Crippen LogP contribution in [0.3, 0.4) is 0 Å². The standard InChI is InChI=1S/C10H8N2O5/c1-16-9-7(10(13)17-2)4-3-6(5-11)8(9)12(14)15/h3-4H,1-2H3. The summed E-state index contributed by atoms with van der Waals surface area (Å²) in [7, 11) is 2.32. The number of rotatable bonds is 3. The lowest BCUT2D eigenvalue weighted by molar-refractivity contribution is -0.386. The Kier molecular flexibility index (Phi) is 3.62. The molecule has 0 aliphatic heterocycles. The number of esters is 1. The van der Waals surface area contributed by atoms with E-state index in [1.807, 2.05) is 0 Å². The third-order valence-corrected chi connectivity index (χ3v) is 2.04. The SMILES string of the molecule is COC(=O)c1ccc(C#N)c([N+](=O)[O-])c1OC. The zero-order valence-corrected chi connectivity index (χ0v) is 9.09. The predicted octanol–water partition coefficient (Wildman–Crippen LogP) is 1.26. The number of nitro benzene ring substituents is 1. The van der Waals surface area contributed by atoms with Gasteiger partial charge < -0.3 is 9.47 Å². The highest BCUT2D eigenvalue weighted by Crippen LogP contribution is 2.34. The lowest BCUT2D eigenvalue weighted by atomic mass is 10.1. The van der Waals surface area contributed by atoms with Crippen molar-refractivity contribution in [1.82, 2.24) is 0 Å². The van der Waals surface area contributed by atoms with Crippen LogP contribution in [0, 0.1) is 21.4 Å². The number of carbonyl (C=O) groups is 1.